The van der Waals surface area contributed by atoms with Crippen LogP contribution >= 0.6 is 23.2 Å². The number of allylic oxidation sites excluding steroid dienone is 1. The highest BCUT2D eigenvalue weighted by Gasteiger charge is 2.60. The number of nitriles is 1. The smallest absolute Gasteiger partial charge is 0.245 e. The SMILES string of the molecule is Cc1ccc2c(c1)C1(C(=O)N2)C(C#N)=C(N)N(c2cccc(Cl)c2Cl)C2=C1C(=O)CCC2. The van der Waals surface area contributed by atoms with Crippen LogP contribution in [0.15, 0.2) is 59.1 Å². The Bertz CT molecular complexity index is 1340. The number of halogens is 2. The summed E-state index contributed by atoms with van der Waals surface area (Å²) in [6, 6.07) is 12.7. The second-order valence-corrected chi connectivity index (χ2v) is 8.92. The van der Waals surface area contributed by atoms with Crippen LogP contribution in [0.5, 0.6) is 0 Å². The van der Waals surface area contributed by atoms with Crippen molar-refractivity contribution in [3.8, 4) is 6.07 Å². The van der Waals surface area contributed by atoms with Gasteiger partial charge in [-0.15, -0.1) is 0 Å². The molecule has 2 aliphatic heterocycles. The standard InChI is InChI=1S/C24H18Cl2N4O2/c1-12-8-9-16-13(10-12)24(23(32)29-16)14(11-27)22(28)30(17-5-3-7-19(31)20(17)24)18-6-2-4-15(25)21(18)26/h2,4,6,8-10H,3,5,7,28H2,1H3,(H,29,32). The Hall–Kier alpha value is -3.27. The zero-order valence-corrected chi connectivity index (χ0v) is 18.6. The number of Topliss-reactive ketones (excluding diaryl/α,β-unsaturated/α-hetero) is 1. The first-order chi connectivity index (χ1) is 15.3. The van der Waals surface area contributed by atoms with Crippen LogP contribution < -0.4 is 16.0 Å². The summed E-state index contributed by atoms with van der Waals surface area (Å²) in [6.45, 7) is 1.90. The number of carbonyl (C=O) groups excluding carboxylic acids is 2. The van der Waals surface area contributed by atoms with Crippen LogP contribution in [0.1, 0.15) is 30.4 Å². The molecular weight excluding hydrogens is 447 g/mol. The fraction of sp³-hybridized carbons (Fsp3) is 0.208. The number of hydrogen-bond acceptors (Lipinski definition) is 5. The summed E-state index contributed by atoms with van der Waals surface area (Å²) >= 11 is 12.8. The Morgan fingerprint density at radius 1 is 1.19 bits per heavy atom. The zero-order chi connectivity index (χ0) is 22.8. The minimum atomic E-state index is -1.59. The van der Waals surface area contributed by atoms with E-state index in [2.05, 4.69) is 11.4 Å². The van der Waals surface area contributed by atoms with Crippen molar-refractivity contribution < 1.29 is 9.59 Å². The van der Waals surface area contributed by atoms with Crippen molar-refractivity contribution in [1.82, 2.24) is 0 Å². The molecule has 0 saturated heterocycles. The van der Waals surface area contributed by atoms with Gasteiger partial charge >= 0.3 is 0 Å². The number of ketones is 1. The van der Waals surface area contributed by atoms with Crippen LogP contribution in [0, 0.1) is 18.3 Å². The van der Waals surface area contributed by atoms with Gasteiger partial charge in [-0.05, 0) is 38.0 Å². The molecule has 1 amide bonds. The molecule has 3 aliphatic rings. The molecule has 1 atom stereocenters. The van der Waals surface area contributed by atoms with Crippen LogP contribution in [0.4, 0.5) is 11.4 Å². The lowest BCUT2D eigenvalue weighted by Crippen LogP contribution is -2.50. The van der Waals surface area contributed by atoms with Gasteiger partial charge in [-0.2, -0.15) is 5.26 Å². The number of rotatable bonds is 1. The average molecular weight is 465 g/mol. The van der Waals surface area contributed by atoms with Crippen LogP contribution in [0.2, 0.25) is 10.0 Å². The Morgan fingerprint density at radius 3 is 2.72 bits per heavy atom. The number of nitrogens with zero attached hydrogens (tertiary/aromatic N) is 2. The van der Waals surface area contributed by atoms with E-state index in [0.29, 0.717) is 40.5 Å². The van der Waals surface area contributed by atoms with Crippen LogP contribution in [-0.4, -0.2) is 11.7 Å². The normalized spacial score (nSPS) is 22.1. The van der Waals surface area contributed by atoms with Gasteiger partial charge in [0.2, 0.25) is 5.91 Å². The molecule has 3 N–H and O–H groups in total. The Morgan fingerprint density at radius 2 is 1.97 bits per heavy atom. The molecule has 0 saturated carbocycles. The molecule has 2 aromatic rings. The molecule has 32 heavy (non-hydrogen) atoms. The van der Waals surface area contributed by atoms with E-state index in [1.54, 1.807) is 29.2 Å². The monoisotopic (exact) mass is 464 g/mol. The van der Waals surface area contributed by atoms with Gasteiger partial charge in [-0.3, -0.25) is 14.5 Å². The number of hydrogen-bond donors (Lipinski definition) is 2. The van der Waals surface area contributed by atoms with Gasteiger partial charge in [-0.25, -0.2) is 0 Å². The number of anilines is 2. The molecule has 5 rings (SSSR count). The summed E-state index contributed by atoms with van der Waals surface area (Å²) in [7, 11) is 0. The number of benzene rings is 2. The van der Waals surface area contributed by atoms with Gasteiger partial charge in [0.15, 0.2) is 5.78 Å². The van der Waals surface area contributed by atoms with Crippen LogP contribution in [0.3, 0.4) is 0 Å². The third-order valence-electron chi connectivity index (χ3n) is 6.35. The van der Waals surface area contributed by atoms with Crippen molar-refractivity contribution in [2.24, 2.45) is 5.73 Å². The minimum absolute atomic E-state index is 0.00407. The molecule has 6 nitrogen and oxygen atoms in total. The highest BCUT2D eigenvalue weighted by atomic mass is 35.5. The maximum atomic E-state index is 13.6. The zero-order valence-electron chi connectivity index (χ0n) is 17.1. The molecule has 1 aliphatic carbocycles. The second kappa shape index (κ2) is 7.13. The van der Waals surface area contributed by atoms with Crippen LogP contribution in [0.25, 0.3) is 0 Å². The van der Waals surface area contributed by atoms with Crippen molar-refractivity contribution in [3.63, 3.8) is 0 Å². The Labute approximate surface area is 194 Å². The molecule has 1 unspecified atom stereocenters. The van der Waals surface area contributed by atoms with Crippen molar-refractivity contribution in [2.45, 2.75) is 31.6 Å². The van der Waals surface area contributed by atoms with Gasteiger partial charge < -0.3 is 11.1 Å². The van der Waals surface area contributed by atoms with E-state index in [9.17, 15) is 14.9 Å². The molecular formula is C24H18Cl2N4O2. The molecule has 0 aromatic heterocycles. The predicted molar refractivity (Wildman–Crippen MR) is 123 cm³/mol. The fourth-order valence-electron chi connectivity index (χ4n) is 5.04. The summed E-state index contributed by atoms with van der Waals surface area (Å²) in [6.07, 6.45) is 1.38. The van der Waals surface area contributed by atoms with E-state index in [0.717, 1.165) is 5.56 Å². The first kappa shape index (κ1) is 20.6. The largest absolute Gasteiger partial charge is 0.384 e. The van der Waals surface area contributed by atoms with Gasteiger partial charge in [0.1, 0.15) is 17.3 Å². The average Bonchev–Trinajstić information content (AvgIpc) is 3.03. The highest BCUT2D eigenvalue weighted by Crippen LogP contribution is 2.55. The second-order valence-electron chi connectivity index (χ2n) is 8.13. The van der Waals surface area contributed by atoms with E-state index in [-0.39, 0.29) is 34.2 Å². The first-order valence-electron chi connectivity index (χ1n) is 10.2. The molecule has 0 radical (unpaired) electrons. The van der Waals surface area contributed by atoms with E-state index >= 15 is 0 Å². The first-order valence-corrected chi connectivity index (χ1v) is 10.9. The Kier molecular flexibility index (Phi) is 4.59. The lowest BCUT2D eigenvalue weighted by Gasteiger charge is -2.43. The number of aryl methyl sites for hydroxylation is 1. The summed E-state index contributed by atoms with van der Waals surface area (Å²) in [5.41, 5.74) is 8.39. The summed E-state index contributed by atoms with van der Waals surface area (Å²) in [5.74, 6) is -0.564. The summed E-state index contributed by atoms with van der Waals surface area (Å²) in [4.78, 5) is 28.6. The van der Waals surface area contributed by atoms with Crippen molar-refractivity contribution in [3.05, 3.63) is 80.2 Å². The molecule has 2 heterocycles. The van der Waals surface area contributed by atoms with E-state index < -0.39 is 11.3 Å². The molecule has 2 aromatic carbocycles. The Balaban J connectivity index is 1.91. The molecule has 0 fully saturated rings. The van der Waals surface area contributed by atoms with E-state index in [1.165, 1.54) is 0 Å². The van der Waals surface area contributed by atoms with E-state index in [4.69, 9.17) is 28.9 Å². The maximum absolute atomic E-state index is 13.6. The quantitative estimate of drug-likeness (QED) is 0.636. The fourth-order valence-corrected chi connectivity index (χ4v) is 5.42. The summed E-state index contributed by atoms with van der Waals surface area (Å²) in [5, 5.41) is 13.7. The lowest BCUT2D eigenvalue weighted by molar-refractivity contribution is -0.122. The van der Waals surface area contributed by atoms with Gasteiger partial charge in [0, 0.05) is 28.9 Å². The van der Waals surface area contributed by atoms with Gasteiger partial charge in [0.05, 0.1) is 21.3 Å². The third-order valence-corrected chi connectivity index (χ3v) is 7.16. The number of carbonyl (C=O) groups is 2. The van der Waals surface area contributed by atoms with Gasteiger partial charge in [-0.1, -0.05) is 47.0 Å². The maximum Gasteiger partial charge on any atom is 0.245 e. The lowest BCUT2D eigenvalue weighted by atomic mass is 9.63. The number of nitrogens with two attached hydrogens (primary N) is 1. The topological polar surface area (TPSA) is 99.2 Å². The molecule has 0 bridgehead atoms. The highest BCUT2D eigenvalue weighted by molar-refractivity contribution is 6.43. The van der Waals surface area contributed by atoms with Crippen molar-refractivity contribution >= 4 is 46.3 Å². The van der Waals surface area contributed by atoms with E-state index in [1.807, 2.05) is 19.1 Å². The summed E-state index contributed by atoms with van der Waals surface area (Å²) < 4.78 is 0. The number of fused-ring (bicyclic) bond motifs is 3. The minimum Gasteiger partial charge on any atom is -0.384 e. The number of amides is 1. The molecule has 8 heteroatoms. The van der Waals surface area contributed by atoms with Crippen molar-refractivity contribution in [2.75, 3.05) is 10.2 Å². The predicted octanol–water partition coefficient (Wildman–Crippen LogP) is 4.71. The van der Waals surface area contributed by atoms with Gasteiger partial charge in [0.25, 0.3) is 0 Å². The number of nitrogens with one attached hydrogen (secondary N) is 1. The third kappa shape index (κ3) is 2.52. The van der Waals surface area contributed by atoms with Crippen molar-refractivity contribution in [1.29, 1.82) is 5.26 Å². The van der Waals surface area contributed by atoms with Crippen LogP contribution in [-0.2, 0) is 15.0 Å². The molecule has 160 valence electrons. The molecule has 1 spiro atoms.